The van der Waals surface area contributed by atoms with E-state index in [2.05, 4.69) is 52.6 Å². The highest BCUT2D eigenvalue weighted by Crippen LogP contribution is 2.09. The summed E-state index contributed by atoms with van der Waals surface area (Å²) in [7, 11) is 0. The number of ether oxygens (including phenoxy) is 1. The summed E-state index contributed by atoms with van der Waals surface area (Å²) in [6.45, 7) is 8.53. The van der Waals surface area contributed by atoms with Gasteiger partial charge in [-0.25, -0.2) is 0 Å². The fourth-order valence-electron chi connectivity index (χ4n) is 4.92. The van der Waals surface area contributed by atoms with E-state index >= 15 is 0 Å². The van der Waals surface area contributed by atoms with Crippen LogP contribution in [0.4, 0.5) is 0 Å². The molecule has 0 saturated carbocycles. The summed E-state index contributed by atoms with van der Waals surface area (Å²) in [6.07, 6.45) is 4.36. The molecule has 5 amide bonds. The Hall–Kier alpha value is -4.41. The highest BCUT2D eigenvalue weighted by molar-refractivity contribution is 5.91. The minimum absolute atomic E-state index is 0.0169. The van der Waals surface area contributed by atoms with Gasteiger partial charge in [0, 0.05) is 31.8 Å². The van der Waals surface area contributed by atoms with Crippen LogP contribution in [0.15, 0.2) is 42.2 Å². The van der Waals surface area contributed by atoms with Crippen LogP contribution in [0.3, 0.4) is 0 Å². The van der Waals surface area contributed by atoms with Crippen molar-refractivity contribution in [1.82, 2.24) is 41.7 Å². The average Bonchev–Trinajstić information content (AvgIpc) is 3.51. The van der Waals surface area contributed by atoms with Crippen molar-refractivity contribution in [3.05, 3.63) is 42.2 Å². The molecule has 9 N–H and O–H groups in total. The van der Waals surface area contributed by atoms with Crippen molar-refractivity contribution in [3.63, 3.8) is 0 Å². The van der Waals surface area contributed by atoms with Crippen molar-refractivity contribution in [2.24, 2.45) is 11.5 Å². The zero-order chi connectivity index (χ0) is 35.3. The van der Waals surface area contributed by atoms with Crippen LogP contribution in [0, 0.1) is 0 Å². The fraction of sp³-hybridized carbons (Fsp3) is 0.594. The molecule has 1 aliphatic heterocycles. The quantitative estimate of drug-likeness (QED) is 0.0654. The molecule has 0 unspecified atom stereocenters. The van der Waals surface area contributed by atoms with Gasteiger partial charge in [-0.1, -0.05) is 25.1 Å². The monoisotopic (exact) mass is 674 g/mol. The maximum atomic E-state index is 13.1. The topological polar surface area (TPSA) is 216 Å². The summed E-state index contributed by atoms with van der Waals surface area (Å²) in [5.41, 5.74) is 17.4. The summed E-state index contributed by atoms with van der Waals surface area (Å²) in [5, 5.41) is 9.71. The van der Waals surface area contributed by atoms with E-state index in [-0.39, 0.29) is 45.1 Å². The molecule has 1 atom stereocenters. The van der Waals surface area contributed by atoms with Gasteiger partial charge in [0.1, 0.15) is 11.8 Å². The van der Waals surface area contributed by atoms with E-state index < -0.39 is 29.7 Å². The minimum atomic E-state index is -0.859. The van der Waals surface area contributed by atoms with Gasteiger partial charge < -0.3 is 47.4 Å². The van der Waals surface area contributed by atoms with E-state index in [1.165, 1.54) is 4.90 Å². The molecule has 1 aromatic carbocycles. The van der Waals surface area contributed by atoms with Crippen LogP contribution in [-0.2, 0) is 24.0 Å². The molecule has 0 aliphatic carbocycles. The van der Waals surface area contributed by atoms with Crippen molar-refractivity contribution in [2.45, 2.75) is 65.0 Å². The fourth-order valence-corrected chi connectivity index (χ4v) is 4.92. The Bertz CT molecular complexity index is 1200. The molecule has 0 radical (unpaired) electrons. The van der Waals surface area contributed by atoms with E-state index in [1.807, 2.05) is 6.07 Å². The molecule has 0 aromatic heterocycles. The second-order valence-corrected chi connectivity index (χ2v) is 11.7. The minimum Gasteiger partial charge on any atom is -0.484 e. The van der Waals surface area contributed by atoms with E-state index in [4.69, 9.17) is 16.2 Å². The lowest BCUT2D eigenvalue weighted by Crippen LogP contribution is -2.50. The van der Waals surface area contributed by atoms with Gasteiger partial charge in [0.15, 0.2) is 6.61 Å². The molecule has 0 fully saturated rings. The van der Waals surface area contributed by atoms with E-state index in [0.717, 1.165) is 25.9 Å². The van der Waals surface area contributed by atoms with Crippen LogP contribution in [0.2, 0.25) is 0 Å². The maximum absolute atomic E-state index is 13.1. The number of unbranched alkanes of at least 4 members (excludes halogenated alkanes) is 1. The number of primary amides is 1. The summed E-state index contributed by atoms with van der Waals surface area (Å²) in [6, 6.07) is 8.42. The Balaban J connectivity index is 1.85. The average molecular weight is 675 g/mol. The molecule has 2 rings (SSSR count). The number of nitrogens with two attached hydrogens (primary N) is 2. The molecule has 0 saturated heterocycles. The van der Waals surface area contributed by atoms with Crippen molar-refractivity contribution >= 4 is 29.5 Å². The lowest BCUT2D eigenvalue weighted by atomic mass is 10.1. The van der Waals surface area contributed by atoms with Crippen LogP contribution in [-0.4, -0.2) is 115 Å². The van der Waals surface area contributed by atoms with Gasteiger partial charge in [-0.3, -0.25) is 29.0 Å². The normalized spacial score (nSPS) is 13.0. The number of carbonyl (C=O) groups excluding carboxylic acids is 5. The van der Waals surface area contributed by atoms with E-state index in [0.29, 0.717) is 43.4 Å². The zero-order valence-corrected chi connectivity index (χ0v) is 28.5. The lowest BCUT2D eigenvalue weighted by molar-refractivity contribution is -0.135. The molecule has 16 heteroatoms. The maximum Gasteiger partial charge on any atom is 0.258 e. The van der Waals surface area contributed by atoms with Gasteiger partial charge in [0.05, 0.1) is 25.3 Å². The van der Waals surface area contributed by atoms with Gasteiger partial charge in [0.25, 0.3) is 5.91 Å². The van der Waals surface area contributed by atoms with Gasteiger partial charge in [-0.05, 0) is 71.3 Å². The molecule has 1 aliphatic rings. The van der Waals surface area contributed by atoms with Gasteiger partial charge in [0.2, 0.25) is 23.6 Å². The molecular weight excluding hydrogens is 620 g/mol. The largest absolute Gasteiger partial charge is 0.484 e. The number of hydrogen-bond acceptors (Lipinski definition) is 11. The number of amides is 5. The molecule has 16 nitrogen and oxygen atoms in total. The van der Waals surface area contributed by atoms with Gasteiger partial charge in [-0.2, -0.15) is 0 Å². The van der Waals surface area contributed by atoms with Crippen LogP contribution in [0.1, 0.15) is 52.9 Å². The number of benzene rings is 1. The van der Waals surface area contributed by atoms with Crippen LogP contribution < -0.4 is 43.1 Å². The summed E-state index contributed by atoms with van der Waals surface area (Å²) >= 11 is 0. The zero-order valence-electron chi connectivity index (χ0n) is 28.5. The van der Waals surface area contributed by atoms with Crippen LogP contribution >= 0.6 is 0 Å². The second kappa shape index (κ2) is 22.2. The summed E-state index contributed by atoms with van der Waals surface area (Å²) in [5.74, 6) is -1.99. The molecule has 48 heavy (non-hydrogen) atoms. The predicted octanol–water partition coefficient (Wildman–Crippen LogP) is -1.10. The Morgan fingerprint density at radius 1 is 1.02 bits per heavy atom. The third kappa shape index (κ3) is 15.9. The van der Waals surface area contributed by atoms with Gasteiger partial charge in [-0.15, -0.1) is 5.53 Å². The molecule has 0 spiro atoms. The smallest absolute Gasteiger partial charge is 0.258 e. The SMILES string of the molecule is CCN(CCCC[C@H](NC(=O)COc1ccccc1)C(=O)NCC(=O)NCCC(=O)N(CC(N)=O)CC1=CN(CCCN)NN1)C(C)C. The van der Waals surface area contributed by atoms with E-state index in [1.54, 1.807) is 35.5 Å². The van der Waals surface area contributed by atoms with Gasteiger partial charge >= 0.3 is 0 Å². The Labute approximate surface area is 283 Å². The molecule has 1 aromatic rings. The first-order valence-corrected chi connectivity index (χ1v) is 16.5. The number of para-hydroxylation sites is 1. The predicted molar refractivity (Wildman–Crippen MR) is 181 cm³/mol. The van der Waals surface area contributed by atoms with Crippen molar-refractivity contribution in [2.75, 3.05) is 59.0 Å². The third-order valence-corrected chi connectivity index (χ3v) is 7.51. The van der Waals surface area contributed by atoms with Crippen molar-refractivity contribution in [3.8, 4) is 5.75 Å². The number of carbonyl (C=O) groups is 5. The molecule has 0 bridgehead atoms. The van der Waals surface area contributed by atoms with E-state index in [9.17, 15) is 24.0 Å². The number of hydrazine groups is 2. The molecule has 1 heterocycles. The lowest BCUT2D eigenvalue weighted by Gasteiger charge is -2.25. The third-order valence-electron chi connectivity index (χ3n) is 7.51. The van der Waals surface area contributed by atoms with Crippen LogP contribution in [0.5, 0.6) is 5.75 Å². The first-order valence-electron chi connectivity index (χ1n) is 16.5. The Morgan fingerprint density at radius 3 is 2.44 bits per heavy atom. The number of rotatable bonds is 24. The highest BCUT2D eigenvalue weighted by Gasteiger charge is 2.23. The molecular formula is C32H54N10O6. The Kier molecular flexibility index (Phi) is 18.4. The number of nitrogens with one attached hydrogen (secondary N) is 5. The first kappa shape index (κ1) is 39.8. The van der Waals surface area contributed by atoms with Crippen molar-refractivity contribution in [1.29, 1.82) is 0 Å². The Morgan fingerprint density at radius 2 is 1.77 bits per heavy atom. The van der Waals surface area contributed by atoms with Crippen LogP contribution in [0.25, 0.3) is 0 Å². The second-order valence-electron chi connectivity index (χ2n) is 11.7. The first-order chi connectivity index (χ1) is 23.0. The number of nitrogens with zero attached hydrogens (tertiary/aromatic N) is 3. The van der Waals surface area contributed by atoms with Crippen molar-refractivity contribution < 1.29 is 28.7 Å². The highest BCUT2D eigenvalue weighted by atomic mass is 16.5. The molecule has 268 valence electrons. The number of hydrogen-bond donors (Lipinski definition) is 7. The standard InChI is InChI=1S/C32H54N10O6/c1-4-40(24(2)3)17-9-8-13-27(37-30(45)23-48-26-11-6-5-7-12-26)32(47)36-19-29(44)35-16-14-31(46)41(22-28(34)43)20-25-21-42(39-38-25)18-10-15-33/h5-7,11-12,21,24,27,38-39H,4,8-10,13-20,22-23,33H2,1-3H3,(H2,34,43)(H,35,44)(H,36,47)(H,37,45)/t27-/m0/s1. The summed E-state index contributed by atoms with van der Waals surface area (Å²) < 4.78 is 5.51. The summed E-state index contributed by atoms with van der Waals surface area (Å²) in [4.78, 5) is 66.4.